The Bertz CT molecular complexity index is 529. The molecular formula is C14H15ClN2O. The lowest BCUT2D eigenvalue weighted by Gasteiger charge is -2.09. The van der Waals surface area contributed by atoms with E-state index in [4.69, 9.17) is 22.1 Å². The van der Waals surface area contributed by atoms with Crippen molar-refractivity contribution in [3.05, 3.63) is 53.3 Å². The SMILES string of the molecule is CC(N)Cc1cccc(Oc2cncc(Cl)c2)c1. The van der Waals surface area contributed by atoms with E-state index < -0.39 is 0 Å². The van der Waals surface area contributed by atoms with Crippen molar-refractivity contribution >= 4 is 11.6 Å². The van der Waals surface area contributed by atoms with Crippen molar-refractivity contribution in [1.29, 1.82) is 0 Å². The van der Waals surface area contributed by atoms with Crippen molar-refractivity contribution in [2.24, 2.45) is 5.73 Å². The van der Waals surface area contributed by atoms with E-state index in [9.17, 15) is 0 Å². The van der Waals surface area contributed by atoms with Crippen LogP contribution in [0.15, 0.2) is 42.7 Å². The van der Waals surface area contributed by atoms with Crippen LogP contribution in [0.4, 0.5) is 0 Å². The van der Waals surface area contributed by atoms with Gasteiger partial charge in [0.25, 0.3) is 0 Å². The number of pyridine rings is 1. The second kappa shape index (κ2) is 5.85. The van der Waals surface area contributed by atoms with E-state index in [2.05, 4.69) is 4.98 Å². The van der Waals surface area contributed by atoms with Gasteiger partial charge < -0.3 is 10.5 Å². The summed E-state index contributed by atoms with van der Waals surface area (Å²) in [5.41, 5.74) is 6.93. The third-order valence-electron chi connectivity index (χ3n) is 2.37. The molecule has 0 aliphatic rings. The van der Waals surface area contributed by atoms with Crippen LogP contribution in [0, 0.1) is 0 Å². The summed E-state index contributed by atoms with van der Waals surface area (Å²) in [5, 5.41) is 0.555. The number of ether oxygens (including phenoxy) is 1. The molecule has 1 aromatic carbocycles. The van der Waals surface area contributed by atoms with Crippen molar-refractivity contribution < 1.29 is 4.74 Å². The molecule has 0 radical (unpaired) electrons. The minimum Gasteiger partial charge on any atom is -0.456 e. The van der Waals surface area contributed by atoms with Crippen molar-refractivity contribution in [2.45, 2.75) is 19.4 Å². The van der Waals surface area contributed by atoms with E-state index >= 15 is 0 Å². The number of nitrogens with zero attached hydrogens (tertiary/aromatic N) is 1. The molecule has 1 heterocycles. The second-order valence-electron chi connectivity index (χ2n) is 4.27. The maximum atomic E-state index is 5.85. The van der Waals surface area contributed by atoms with Crippen molar-refractivity contribution in [2.75, 3.05) is 0 Å². The van der Waals surface area contributed by atoms with Crippen LogP contribution in [0.2, 0.25) is 5.02 Å². The second-order valence-corrected chi connectivity index (χ2v) is 4.71. The van der Waals surface area contributed by atoms with Gasteiger partial charge in [0.05, 0.1) is 11.2 Å². The van der Waals surface area contributed by atoms with Gasteiger partial charge >= 0.3 is 0 Å². The topological polar surface area (TPSA) is 48.1 Å². The molecule has 2 aromatic rings. The van der Waals surface area contributed by atoms with Gasteiger partial charge in [0.1, 0.15) is 11.5 Å². The average molecular weight is 263 g/mol. The predicted octanol–water partition coefficient (Wildman–Crippen LogP) is 3.42. The molecule has 0 saturated carbocycles. The molecule has 0 saturated heterocycles. The molecular weight excluding hydrogens is 248 g/mol. The minimum atomic E-state index is 0.132. The fraction of sp³-hybridized carbons (Fsp3) is 0.214. The number of hydrogen-bond donors (Lipinski definition) is 1. The zero-order valence-electron chi connectivity index (χ0n) is 10.1. The van der Waals surface area contributed by atoms with E-state index in [1.807, 2.05) is 31.2 Å². The van der Waals surface area contributed by atoms with Gasteiger partial charge in [0.15, 0.2) is 0 Å². The Morgan fingerprint density at radius 3 is 2.83 bits per heavy atom. The summed E-state index contributed by atoms with van der Waals surface area (Å²) in [4.78, 5) is 3.97. The third kappa shape index (κ3) is 3.72. The maximum absolute atomic E-state index is 5.85. The first-order valence-electron chi connectivity index (χ1n) is 5.76. The molecule has 4 heteroatoms. The molecule has 94 valence electrons. The Labute approximate surface area is 112 Å². The van der Waals surface area contributed by atoms with Crippen molar-refractivity contribution in [1.82, 2.24) is 4.98 Å². The number of hydrogen-bond acceptors (Lipinski definition) is 3. The molecule has 1 unspecified atom stereocenters. The van der Waals surface area contributed by atoms with Gasteiger partial charge in [-0.25, -0.2) is 0 Å². The highest BCUT2D eigenvalue weighted by Crippen LogP contribution is 2.24. The number of halogens is 1. The fourth-order valence-corrected chi connectivity index (χ4v) is 1.86. The van der Waals surface area contributed by atoms with Gasteiger partial charge in [-0.2, -0.15) is 0 Å². The molecule has 2 N–H and O–H groups in total. The largest absolute Gasteiger partial charge is 0.456 e. The summed E-state index contributed by atoms with van der Waals surface area (Å²) < 4.78 is 5.69. The molecule has 0 spiro atoms. The van der Waals surface area contributed by atoms with Gasteiger partial charge in [0.2, 0.25) is 0 Å². The van der Waals surface area contributed by atoms with Gasteiger partial charge in [-0.3, -0.25) is 4.98 Å². The molecule has 0 amide bonds. The van der Waals surface area contributed by atoms with E-state index in [0.29, 0.717) is 10.8 Å². The first-order chi connectivity index (χ1) is 8.63. The lowest BCUT2D eigenvalue weighted by molar-refractivity contribution is 0.479. The van der Waals surface area contributed by atoms with E-state index in [0.717, 1.165) is 17.7 Å². The number of rotatable bonds is 4. The van der Waals surface area contributed by atoms with Gasteiger partial charge in [-0.15, -0.1) is 0 Å². The number of aromatic nitrogens is 1. The summed E-state index contributed by atoms with van der Waals surface area (Å²) in [5.74, 6) is 1.39. The Hall–Kier alpha value is -1.58. The van der Waals surface area contributed by atoms with Crippen LogP contribution in [0.5, 0.6) is 11.5 Å². The van der Waals surface area contributed by atoms with Crippen LogP contribution in [0.25, 0.3) is 0 Å². The molecule has 0 aliphatic carbocycles. The highest BCUT2D eigenvalue weighted by atomic mass is 35.5. The molecule has 3 nitrogen and oxygen atoms in total. The van der Waals surface area contributed by atoms with Crippen molar-refractivity contribution in [3.8, 4) is 11.5 Å². The van der Waals surface area contributed by atoms with E-state index in [1.54, 1.807) is 18.5 Å². The third-order valence-corrected chi connectivity index (χ3v) is 2.58. The first-order valence-corrected chi connectivity index (χ1v) is 6.14. The summed E-state index contributed by atoms with van der Waals surface area (Å²) in [6, 6.07) is 9.72. The molecule has 0 fully saturated rings. The zero-order chi connectivity index (χ0) is 13.0. The monoisotopic (exact) mass is 262 g/mol. The van der Waals surface area contributed by atoms with Crippen molar-refractivity contribution in [3.63, 3.8) is 0 Å². The maximum Gasteiger partial charge on any atom is 0.147 e. The quantitative estimate of drug-likeness (QED) is 0.918. The summed E-state index contributed by atoms with van der Waals surface area (Å²) in [6.07, 6.45) is 4.02. The Balaban J connectivity index is 2.14. The Morgan fingerprint density at radius 1 is 1.28 bits per heavy atom. The lowest BCUT2D eigenvalue weighted by Crippen LogP contribution is -2.17. The molecule has 18 heavy (non-hydrogen) atoms. The van der Waals surface area contributed by atoms with Crippen LogP contribution in [-0.2, 0) is 6.42 Å². The first kappa shape index (κ1) is 12.9. The molecule has 1 aromatic heterocycles. The minimum absolute atomic E-state index is 0.132. The van der Waals surface area contributed by atoms with Crippen LogP contribution >= 0.6 is 11.6 Å². The fourth-order valence-electron chi connectivity index (χ4n) is 1.69. The molecule has 0 aliphatic heterocycles. The van der Waals surface area contributed by atoms with Gasteiger partial charge in [0, 0.05) is 18.3 Å². The van der Waals surface area contributed by atoms with Crippen LogP contribution < -0.4 is 10.5 Å². The Kier molecular flexibility index (Phi) is 4.18. The van der Waals surface area contributed by atoms with E-state index in [1.165, 1.54) is 0 Å². The lowest BCUT2D eigenvalue weighted by atomic mass is 10.1. The molecule has 0 bridgehead atoms. The Morgan fingerprint density at radius 2 is 2.11 bits per heavy atom. The smallest absolute Gasteiger partial charge is 0.147 e. The summed E-state index contributed by atoms with van der Waals surface area (Å²) in [7, 11) is 0. The highest BCUT2D eigenvalue weighted by molar-refractivity contribution is 6.30. The van der Waals surface area contributed by atoms with Gasteiger partial charge in [-0.05, 0) is 31.0 Å². The van der Waals surface area contributed by atoms with Gasteiger partial charge in [-0.1, -0.05) is 23.7 Å². The average Bonchev–Trinajstić information content (AvgIpc) is 2.28. The summed E-state index contributed by atoms with van der Waals surface area (Å²) >= 11 is 5.85. The molecule has 1 atom stereocenters. The van der Waals surface area contributed by atoms with Crippen LogP contribution in [-0.4, -0.2) is 11.0 Å². The standard InChI is InChI=1S/C14H15ClN2O/c1-10(16)5-11-3-2-4-13(6-11)18-14-7-12(15)8-17-9-14/h2-4,6-10H,5,16H2,1H3. The van der Waals surface area contributed by atoms with Crippen LogP contribution in [0.1, 0.15) is 12.5 Å². The summed E-state index contributed by atoms with van der Waals surface area (Å²) in [6.45, 7) is 1.98. The van der Waals surface area contributed by atoms with E-state index in [-0.39, 0.29) is 6.04 Å². The number of benzene rings is 1. The van der Waals surface area contributed by atoms with Crippen LogP contribution in [0.3, 0.4) is 0 Å². The number of nitrogens with two attached hydrogens (primary N) is 1. The predicted molar refractivity (Wildman–Crippen MR) is 73.1 cm³/mol. The normalized spacial score (nSPS) is 12.2. The zero-order valence-corrected chi connectivity index (χ0v) is 10.9. The highest BCUT2D eigenvalue weighted by Gasteiger charge is 2.02. The molecule has 2 rings (SSSR count).